The molecule has 136 valence electrons. The van der Waals surface area contributed by atoms with E-state index in [1.54, 1.807) is 60.7 Å². The molecule has 0 saturated carbocycles. The quantitative estimate of drug-likeness (QED) is 0.576. The molecule has 0 aliphatic carbocycles. The van der Waals surface area contributed by atoms with E-state index in [-0.39, 0.29) is 12.4 Å². The zero-order valence-electron chi connectivity index (χ0n) is 14.1. The van der Waals surface area contributed by atoms with Crippen LogP contribution in [0, 0.1) is 0 Å². The predicted octanol–water partition coefficient (Wildman–Crippen LogP) is 5.24. The molecule has 0 fully saturated rings. The van der Waals surface area contributed by atoms with Crippen molar-refractivity contribution in [3.05, 3.63) is 94.0 Å². The van der Waals surface area contributed by atoms with Crippen molar-refractivity contribution in [1.29, 1.82) is 0 Å². The Bertz CT molecular complexity index is 974. The van der Waals surface area contributed by atoms with Gasteiger partial charge in [0.05, 0.1) is 10.7 Å². The molecule has 0 radical (unpaired) electrons. The van der Waals surface area contributed by atoms with E-state index in [9.17, 15) is 9.59 Å². The maximum absolute atomic E-state index is 12.7. The molecule has 0 aromatic heterocycles. The number of hydrogen-bond donors (Lipinski definition) is 1. The molecule has 3 aromatic rings. The van der Waals surface area contributed by atoms with E-state index in [1.807, 2.05) is 6.07 Å². The van der Waals surface area contributed by atoms with Crippen LogP contribution in [0.5, 0.6) is 5.75 Å². The van der Waals surface area contributed by atoms with Crippen molar-refractivity contribution in [2.45, 2.75) is 0 Å². The van der Waals surface area contributed by atoms with Gasteiger partial charge in [0.2, 0.25) is 0 Å². The average Bonchev–Trinajstić information content (AvgIpc) is 2.69. The molecule has 0 saturated heterocycles. The summed E-state index contributed by atoms with van der Waals surface area (Å²) in [5, 5.41) is 3.51. The molecule has 0 aliphatic rings. The van der Waals surface area contributed by atoms with Gasteiger partial charge in [0.15, 0.2) is 12.4 Å². The van der Waals surface area contributed by atoms with Crippen molar-refractivity contribution >= 4 is 40.6 Å². The zero-order chi connectivity index (χ0) is 19.2. The Morgan fingerprint density at radius 3 is 2.37 bits per heavy atom. The van der Waals surface area contributed by atoms with Crippen LogP contribution >= 0.6 is 23.2 Å². The standard InChI is InChI=1S/C21H15Cl2NO3/c22-15-10-11-17(23)19(12-15)27-13-20(25)24-18-9-5-4-8-16(18)21(26)14-6-2-1-3-7-14/h1-12H,13H2,(H,24,25). The maximum atomic E-state index is 12.7. The number of amides is 1. The monoisotopic (exact) mass is 399 g/mol. The van der Waals surface area contributed by atoms with E-state index in [2.05, 4.69) is 5.32 Å². The smallest absolute Gasteiger partial charge is 0.262 e. The van der Waals surface area contributed by atoms with Crippen LogP contribution < -0.4 is 10.1 Å². The van der Waals surface area contributed by atoms with Gasteiger partial charge >= 0.3 is 0 Å². The number of benzene rings is 3. The second-order valence-electron chi connectivity index (χ2n) is 5.65. The number of carbonyl (C=O) groups is 2. The fourth-order valence-electron chi connectivity index (χ4n) is 2.45. The van der Waals surface area contributed by atoms with Crippen LogP contribution in [-0.2, 0) is 4.79 Å². The summed E-state index contributed by atoms with van der Waals surface area (Å²) in [5.74, 6) is -0.280. The first-order valence-electron chi connectivity index (χ1n) is 8.11. The number of para-hydroxylation sites is 1. The predicted molar refractivity (Wildman–Crippen MR) is 107 cm³/mol. The molecule has 3 rings (SSSR count). The highest BCUT2D eigenvalue weighted by atomic mass is 35.5. The number of hydrogen-bond acceptors (Lipinski definition) is 3. The van der Waals surface area contributed by atoms with Crippen molar-refractivity contribution in [2.24, 2.45) is 0 Å². The van der Waals surface area contributed by atoms with Gasteiger partial charge in [-0.3, -0.25) is 9.59 Å². The Hall–Kier alpha value is -2.82. The number of ether oxygens (including phenoxy) is 1. The van der Waals surface area contributed by atoms with E-state index < -0.39 is 5.91 Å². The van der Waals surface area contributed by atoms with Crippen LogP contribution in [0.25, 0.3) is 0 Å². The summed E-state index contributed by atoms with van der Waals surface area (Å²) in [5.41, 5.74) is 1.36. The highest BCUT2D eigenvalue weighted by Crippen LogP contribution is 2.27. The van der Waals surface area contributed by atoms with Crippen LogP contribution in [0.15, 0.2) is 72.8 Å². The van der Waals surface area contributed by atoms with Crippen molar-refractivity contribution in [1.82, 2.24) is 0 Å². The number of anilines is 1. The van der Waals surface area contributed by atoms with Crippen LogP contribution in [-0.4, -0.2) is 18.3 Å². The minimum Gasteiger partial charge on any atom is -0.482 e. The third-order valence-electron chi connectivity index (χ3n) is 3.73. The first-order chi connectivity index (χ1) is 13.0. The molecule has 1 N–H and O–H groups in total. The van der Waals surface area contributed by atoms with E-state index >= 15 is 0 Å². The molecule has 0 atom stereocenters. The number of ketones is 1. The SMILES string of the molecule is O=C(COc1cc(Cl)ccc1Cl)Nc1ccccc1C(=O)c1ccccc1. The lowest BCUT2D eigenvalue weighted by molar-refractivity contribution is -0.118. The van der Waals surface area contributed by atoms with E-state index in [0.29, 0.717) is 32.6 Å². The molecular formula is C21H15Cl2NO3. The lowest BCUT2D eigenvalue weighted by Crippen LogP contribution is -2.21. The third-order valence-corrected chi connectivity index (χ3v) is 4.28. The van der Waals surface area contributed by atoms with Gasteiger partial charge in [-0.25, -0.2) is 0 Å². The summed E-state index contributed by atoms with van der Waals surface area (Å²) in [4.78, 5) is 25.0. The van der Waals surface area contributed by atoms with Gasteiger partial charge in [0.25, 0.3) is 5.91 Å². The number of carbonyl (C=O) groups excluding carboxylic acids is 2. The topological polar surface area (TPSA) is 55.4 Å². The molecule has 0 spiro atoms. The van der Waals surface area contributed by atoms with Gasteiger partial charge in [-0.05, 0) is 24.3 Å². The number of halogens is 2. The molecule has 0 bridgehead atoms. The Kier molecular flexibility index (Phi) is 6.12. The third kappa shape index (κ3) is 4.88. The van der Waals surface area contributed by atoms with Crippen molar-refractivity contribution < 1.29 is 14.3 Å². The Morgan fingerprint density at radius 2 is 1.59 bits per heavy atom. The second-order valence-corrected chi connectivity index (χ2v) is 6.50. The molecule has 0 heterocycles. The fourth-order valence-corrected chi connectivity index (χ4v) is 2.79. The second kappa shape index (κ2) is 8.71. The molecule has 6 heteroatoms. The van der Waals surface area contributed by atoms with Crippen LogP contribution in [0.4, 0.5) is 5.69 Å². The summed E-state index contributed by atoms with van der Waals surface area (Å²) in [6.07, 6.45) is 0. The molecular weight excluding hydrogens is 385 g/mol. The van der Waals surface area contributed by atoms with E-state index in [4.69, 9.17) is 27.9 Å². The maximum Gasteiger partial charge on any atom is 0.262 e. The number of nitrogens with one attached hydrogen (secondary N) is 1. The highest BCUT2D eigenvalue weighted by Gasteiger charge is 2.15. The summed E-state index contributed by atoms with van der Waals surface area (Å²) in [6, 6.07) is 20.4. The van der Waals surface area contributed by atoms with E-state index in [1.165, 1.54) is 6.07 Å². The van der Waals surface area contributed by atoms with Gasteiger partial charge in [-0.15, -0.1) is 0 Å². The minimum absolute atomic E-state index is 0.176. The lowest BCUT2D eigenvalue weighted by atomic mass is 10.0. The average molecular weight is 400 g/mol. The van der Waals surface area contributed by atoms with Gasteiger partial charge < -0.3 is 10.1 Å². The molecule has 0 aliphatic heterocycles. The molecule has 4 nitrogen and oxygen atoms in total. The van der Waals surface area contributed by atoms with Crippen LogP contribution in [0.3, 0.4) is 0 Å². The van der Waals surface area contributed by atoms with Gasteiger partial charge in [-0.1, -0.05) is 65.7 Å². The summed E-state index contributed by atoms with van der Waals surface area (Å²) < 4.78 is 5.42. The van der Waals surface area contributed by atoms with Gasteiger partial charge in [-0.2, -0.15) is 0 Å². The van der Waals surface area contributed by atoms with Crippen molar-refractivity contribution in [3.63, 3.8) is 0 Å². The molecule has 27 heavy (non-hydrogen) atoms. The molecule has 1 amide bonds. The van der Waals surface area contributed by atoms with Gasteiger partial charge in [0, 0.05) is 22.2 Å². The normalized spacial score (nSPS) is 10.3. The van der Waals surface area contributed by atoms with Crippen molar-refractivity contribution in [2.75, 3.05) is 11.9 Å². The summed E-state index contributed by atoms with van der Waals surface area (Å²) in [6.45, 7) is -0.270. The first kappa shape index (κ1) is 19.0. The van der Waals surface area contributed by atoms with Crippen molar-refractivity contribution in [3.8, 4) is 5.75 Å². The fraction of sp³-hybridized carbons (Fsp3) is 0.0476. The van der Waals surface area contributed by atoms with Crippen LogP contribution in [0.2, 0.25) is 10.0 Å². The first-order valence-corrected chi connectivity index (χ1v) is 8.86. The minimum atomic E-state index is -0.417. The Morgan fingerprint density at radius 1 is 0.889 bits per heavy atom. The van der Waals surface area contributed by atoms with Crippen LogP contribution in [0.1, 0.15) is 15.9 Å². The Balaban J connectivity index is 1.71. The molecule has 3 aromatic carbocycles. The highest BCUT2D eigenvalue weighted by molar-refractivity contribution is 6.34. The largest absolute Gasteiger partial charge is 0.482 e. The summed E-state index contributed by atoms with van der Waals surface area (Å²) in [7, 11) is 0. The summed E-state index contributed by atoms with van der Waals surface area (Å²) >= 11 is 11.9. The van der Waals surface area contributed by atoms with Gasteiger partial charge in [0.1, 0.15) is 5.75 Å². The number of rotatable bonds is 6. The molecule has 0 unspecified atom stereocenters. The van der Waals surface area contributed by atoms with E-state index in [0.717, 1.165) is 0 Å². The lowest BCUT2D eigenvalue weighted by Gasteiger charge is -2.12. The zero-order valence-corrected chi connectivity index (χ0v) is 15.6. The Labute approximate surface area is 166 Å².